The number of hydrogen-bond donors (Lipinski definition) is 4. The second-order valence-corrected chi connectivity index (χ2v) is 3.97. The van der Waals surface area contributed by atoms with E-state index < -0.39 is 17.9 Å². The van der Waals surface area contributed by atoms with Gasteiger partial charge in [0.15, 0.2) is 0 Å². The van der Waals surface area contributed by atoms with Crippen molar-refractivity contribution < 1.29 is 24.9 Å². The minimum absolute atomic E-state index is 0.119. The quantitative estimate of drug-likeness (QED) is 0.629. The lowest BCUT2D eigenvalue weighted by molar-refractivity contribution is -0.139. The number of carboxylic acid groups (broad SMARTS) is 1. The Morgan fingerprint density at radius 3 is 2.61 bits per heavy atom. The number of phenols is 1. The summed E-state index contributed by atoms with van der Waals surface area (Å²) in [6, 6.07) is 2.64. The van der Waals surface area contributed by atoms with Crippen LogP contribution in [-0.2, 0) is 4.79 Å². The van der Waals surface area contributed by atoms with Gasteiger partial charge in [0.05, 0.1) is 5.56 Å². The van der Waals surface area contributed by atoms with Crippen LogP contribution in [0.3, 0.4) is 0 Å². The van der Waals surface area contributed by atoms with Crippen LogP contribution in [0.1, 0.15) is 16.8 Å². The molecule has 0 aliphatic heterocycles. The van der Waals surface area contributed by atoms with Crippen molar-refractivity contribution in [2.24, 2.45) is 0 Å². The number of rotatable bonds is 5. The van der Waals surface area contributed by atoms with Gasteiger partial charge in [0, 0.05) is 18.1 Å². The zero-order valence-electron chi connectivity index (χ0n) is 9.26. The maximum absolute atomic E-state index is 11.7. The molecule has 0 aliphatic carbocycles. The predicted octanol–water partition coefficient (Wildman–Crippen LogP) is 0.611. The normalized spacial score (nSPS) is 11.9. The number of aliphatic carboxylic acids is 1. The van der Waals surface area contributed by atoms with Crippen LogP contribution in [0.4, 0.5) is 0 Å². The van der Waals surface area contributed by atoms with Crippen molar-refractivity contribution in [2.75, 3.05) is 6.61 Å². The molecule has 0 unspecified atom stereocenters. The van der Waals surface area contributed by atoms with E-state index in [9.17, 15) is 14.7 Å². The Bertz CT molecular complexity index is 463. The lowest BCUT2D eigenvalue weighted by atomic mass is 10.1. The Morgan fingerprint density at radius 2 is 2.06 bits per heavy atom. The van der Waals surface area contributed by atoms with Crippen LogP contribution in [0, 0.1) is 0 Å². The van der Waals surface area contributed by atoms with Crippen LogP contribution < -0.4 is 5.32 Å². The minimum atomic E-state index is -1.26. The van der Waals surface area contributed by atoms with Gasteiger partial charge in [0.2, 0.25) is 0 Å². The van der Waals surface area contributed by atoms with Crippen molar-refractivity contribution in [1.82, 2.24) is 5.32 Å². The third-order valence-corrected chi connectivity index (χ3v) is 2.46. The van der Waals surface area contributed by atoms with E-state index >= 15 is 0 Å². The highest BCUT2D eigenvalue weighted by molar-refractivity contribution is 6.31. The van der Waals surface area contributed by atoms with Gasteiger partial charge in [-0.1, -0.05) is 11.6 Å². The molecule has 7 heteroatoms. The molecular weight excluding hydrogens is 262 g/mol. The molecule has 0 saturated carbocycles. The predicted molar refractivity (Wildman–Crippen MR) is 63.7 cm³/mol. The fraction of sp³-hybridized carbons (Fsp3) is 0.273. The summed E-state index contributed by atoms with van der Waals surface area (Å²) in [5, 5.41) is 29.4. The van der Waals surface area contributed by atoms with Gasteiger partial charge < -0.3 is 20.6 Å². The summed E-state index contributed by atoms with van der Waals surface area (Å²) >= 11 is 5.67. The van der Waals surface area contributed by atoms with Gasteiger partial charge in [-0.2, -0.15) is 0 Å². The van der Waals surface area contributed by atoms with Crippen molar-refractivity contribution in [3.63, 3.8) is 0 Å². The first-order valence-electron chi connectivity index (χ1n) is 5.08. The highest BCUT2D eigenvalue weighted by atomic mass is 35.5. The Labute approximate surface area is 108 Å². The Hall–Kier alpha value is -1.79. The standard InChI is InChI=1S/C11H12ClNO5/c12-6-1-2-9(15)7(5-6)10(16)13-8(3-4-14)11(17)18/h1-2,5,8,14-15H,3-4H2,(H,13,16)(H,17,18)/t8-/m0/s1. The van der Waals surface area contributed by atoms with Crippen LogP contribution in [0.15, 0.2) is 18.2 Å². The molecule has 0 aliphatic rings. The van der Waals surface area contributed by atoms with Crippen molar-refractivity contribution in [3.8, 4) is 5.75 Å². The maximum atomic E-state index is 11.7. The molecule has 6 nitrogen and oxygen atoms in total. The van der Waals surface area contributed by atoms with Gasteiger partial charge in [-0.15, -0.1) is 0 Å². The second kappa shape index (κ2) is 6.23. The molecule has 18 heavy (non-hydrogen) atoms. The van der Waals surface area contributed by atoms with E-state index in [1.165, 1.54) is 18.2 Å². The molecule has 1 amide bonds. The summed E-state index contributed by atoms with van der Waals surface area (Å²) in [5.41, 5.74) is -0.119. The molecule has 0 saturated heterocycles. The van der Waals surface area contributed by atoms with Crippen LogP contribution >= 0.6 is 11.6 Å². The minimum Gasteiger partial charge on any atom is -0.507 e. The van der Waals surface area contributed by atoms with Crippen LogP contribution in [0.2, 0.25) is 5.02 Å². The number of hydrogen-bond acceptors (Lipinski definition) is 4. The maximum Gasteiger partial charge on any atom is 0.326 e. The van der Waals surface area contributed by atoms with Crippen molar-refractivity contribution in [2.45, 2.75) is 12.5 Å². The summed E-state index contributed by atoms with van der Waals surface area (Å²) in [7, 11) is 0. The molecule has 0 bridgehead atoms. The molecule has 0 spiro atoms. The van der Waals surface area contributed by atoms with E-state index in [1.807, 2.05) is 0 Å². The van der Waals surface area contributed by atoms with Gasteiger partial charge in [0.1, 0.15) is 11.8 Å². The van der Waals surface area contributed by atoms with Crippen LogP contribution in [0.25, 0.3) is 0 Å². The van der Waals surface area contributed by atoms with E-state index in [0.29, 0.717) is 0 Å². The molecule has 0 fully saturated rings. The summed E-state index contributed by atoms with van der Waals surface area (Å²) in [6.07, 6.45) is -0.123. The largest absolute Gasteiger partial charge is 0.507 e. The zero-order valence-corrected chi connectivity index (χ0v) is 10.0. The Balaban J connectivity index is 2.86. The van der Waals surface area contributed by atoms with E-state index in [0.717, 1.165) is 0 Å². The molecule has 1 rings (SSSR count). The third kappa shape index (κ3) is 3.61. The second-order valence-electron chi connectivity index (χ2n) is 3.54. The number of aromatic hydroxyl groups is 1. The van der Waals surface area contributed by atoms with Gasteiger partial charge in [-0.3, -0.25) is 4.79 Å². The number of benzene rings is 1. The molecule has 0 heterocycles. The fourth-order valence-corrected chi connectivity index (χ4v) is 1.48. The highest BCUT2D eigenvalue weighted by Crippen LogP contribution is 2.21. The van der Waals surface area contributed by atoms with Crippen molar-refractivity contribution >= 4 is 23.5 Å². The summed E-state index contributed by atoms with van der Waals surface area (Å²) in [6.45, 7) is -0.376. The number of carbonyl (C=O) groups is 2. The monoisotopic (exact) mass is 273 g/mol. The number of nitrogens with one attached hydrogen (secondary N) is 1. The number of carboxylic acids is 1. The summed E-state index contributed by atoms with van der Waals surface area (Å²) in [5.74, 6) is -2.33. The molecule has 1 atom stereocenters. The average Bonchev–Trinajstić information content (AvgIpc) is 2.31. The number of aliphatic hydroxyl groups is 1. The fourth-order valence-electron chi connectivity index (χ4n) is 1.31. The van der Waals surface area contributed by atoms with Gasteiger partial charge >= 0.3 is 5.97 Å². The van der Waals surface area contributed by atoms with Crippen LogP contribution in [-0.4, -0.2) is 39.8 Å². The number of halogens is 1. The van der Waals surface area contributed by atoms with E-state index in [4.69, 9.17) is 21.8 Å². The Morgan fingerprint density at radius 1 is 1.39 bits per heavy atom. The number of aliphatic hydroxyl groups excluding tert-OH is 1. The third-order valence-electron chi connectivity index (χ3n) is 2.22. The number of carbonyl (C=O) groups excluding carboxylic acids is 1. The lowest BCUT2D eigenvalue weighted by Gasteiger charge is -2.13. The average molecular weight is 274 g/mol. The SMILES string of the molecule is O=C(N[C@@H](CCO)C(=O)O)c1cc(Cl)ccc1O. The molecule has 0 aromatic heterocycles. The Kier molecular flexibility index (Phi) is 4.94. The van der Waals surface area contributed by atoms with E-state index in [2.05, 4.69) is 5.32 Å². The zero-order chi connectivity index (χ0) is 13.7. The highest BCUT2D eigenvalue weighted by Gasteiger charge is 2.21. The first-order valence-corrected chi connectivity index (χ1v) is 5.46. The van der Waals surface area contributed by atoms with E-state index in [1.54, 1.807) is 0 Å². The summed E-state index contributed by atoms with van der Waals surface area (Å²) < 4.78 is 0. The lowest BCUT2D eigenvalue weighted by Crippen LogP contribution is -2.41. The summed E-state index contributed by atoms with van der Waals surface area (Å²) in [4.78, 5) is 22.5. The molecule has 98 valence electrons. The molecule has 1 aromatic rings. The van der Waals surface area contributed by atoms with Gasteiger partial charge in [-0.05, 0) is 18.2 Å². The number of amides is 1. The molecular formula is C11H12ClNO5. The first-order chi connectivity index (χ1) is 8.45. The van der Waals surface area contributed by atoms with Crippen LogP contribution in [0.5, 0.6) is 5.75 Å². The molecule has 0 radical (unpaired) electrons. The van der Waals surface area contributed by atoms with Crippen molar-refractivity contribution in [3.05, 3.63) is 28.8 Å². The topological polar surface area (TPSA) is 107 Å². The number of phenolic OH excluding ortho intramolecular Hbond substituents is 1. The molecule has 4 N–H and O–H groups in total. The first kappa shape index (κ1) is 14.3. The molecule has 1 aromatic carbocycles. The van der Waals surface area contributed by atoms with Crippen molar-refractivity contribution in [1.29, 1.82) is 0 Å². The van der Waals surface area contributed by atoms with E-state index in [-0.39, 0.29) is 29.4 Å². The smallest absolute Gasteiger partial charge is 0.326 e. The van der Waals surface area contributed by atoms with Gasteiger partial charge in [0.25, 0.3) is 5.91 Å². The van der Waals surface area contributed by atoms with Gasteiger partial charge in [-0.25, -0.2) is 4.79 Å².